The van der Waals surface area contributed by atoms with Crippen molar-refractivity contribution in [1.29, 1.82) is 0 Å². The molecule has 0 aliphatic carbocycles. The Morgan fingerprint density at radius 3 is 2.71 bits per heavy atom. The second kappa shape index (κ2) is 7.02. The van der Waals surface area contributed by atoms with E-state index >= 15 is 0 Å². The van der Waals surface area contributed by atoms with E-state index in [1.165, 1.54) is 11.3 Å². The van der Waals surface area contributed by atoms with Gasteiger partial charge in [0.15, 0.2) is 0 Å². The van der Waals surface area contributed by atoms with Gasteiger partial charge in [0.1, 0.15) is 0 Å². The van der Waals surface area contributed by atoms with E-state index in [2.05, 4.69) is 11.6 Å². The molecule has 4 nitrogen and oxygen atoms in total. The van der Waals surface area contributed by atoms with Crippen LogP contribution in [0.1, 0.15) is 40.4 Å². The van der Waals surface area contributed by atoms with Gasteiger partial charge in [0, 0.05) is 21.2 Å². The van der Waals surface area contributed by atoms with Gasteiger partial charge in [-0.25, -0.2) is 13.1 Å². The van der Waals surface area contributed by atoms with Crippen molar-refractivity contribution in [2.45, 2.75) is 44.2 Å². The molecule has 3 N–H and O–H groups in total. The fourth-order valence-electron chi connectivity index (χ4n) is 2.18. The predicted molar refractivity (Wildman–Crippen MR) is 89.2 cm³/mol. The standard InChI is InChI=1S/C14H20N2O2S3/c1-3-5-12(13-6-4-7-19-13)16-21(17,18)14-8-11(9-15)20-10(14)2/h4,6-8,12,16H,3,5,9,15H2,1-2H3. The quantitative estimate of drug-likeness (QED) is 0.808. The molecule has 0 aliphatic heterocycles. The molecule has 7 heteroatoms. The molecule has 0 aromatic carbocycles. The highest BCUT2D eigenvalue weighted by atomic mass is 32.2. The smallest absolute Gasteiger partial charge is 0.242 e. The molecule has 116 valence electrons. The molecule has 0 amide bonds. The van der Waals surface area contributed by atoms with Crippen molar-refractivity contribution in [2.24, 2.45) is 5.73 Å². The lowest BCUT2D eigenvalue weighted by Gasteiger charge is -2.16. The van der Waals surface area contributed by atoms with Crippen molar-refractivity contribution >= 4 is 32.7 Å². The van der Waals surface area contributed by atoms with E-state index in [1.807, 2.05) is 24.4 Å². The first-order valence-corrected chi connectivity index (χ1v) is 10.0. The van der Waals surface area contributed by atoms with E-state index in [4.69, 9.17) is 5.73 Å². The zero-order chi connectivity index (χ0) is 15.5. The molecule has 0 saturated carbocycles. The molecule has 2 aromatic rings. The van der Waals surface area contributed by atoms with Gasteiger partial charge < -0.3 is 5.73 Å². The Morgan fingerprint density at radius 2 is 2.19 bits per heavy atom. The van der Waals surface area contributed by atoms with E-state index < -0.39 is 10.0 Å². The minimum atomic E-state index is -3.52. The number of hydrogen-bond donors (Lipinski definition) is 2. The Hall–Kier alpha value is -0.730. The van der Waals surface area contributed by atoms with E-state index in [1.54, 1.807) is 17.4 Å². The SMILES string of the molecule is CCCC(NS(=O)(=O)c1cc(CN)sc1C)c1cccs1. The lowest BCUT2D eigenvalue weighted by Crippen LogP contribution is -2.28. The van der Waals surface area contributed by atoms with E-state index in [-0.39, 0.29) is 6.04 Å². The van der Waals surface area contributed by atoms with Crippen LogP contribution in [-0.2, 0) is 16.6 Å². The number of sulfonamides is 1. The lowest BCUT2D eigenvalue weighted by molar-refractivity contribution is 0.540. The molecular weight excluding hydrogens is 324 g/mol. The summed E-state index contributed by atoms with van der Waals surface area (Å²) in [7, 11) is -3.52. The maximum Gasteiger partial charge on any atom is 0.242 e. The van der Waals surface area contributed by atoms with E-state index in [0.717, 1.165) is 27.5 Å². The number of nitrogens with two attached hydrogens (primary N) is 1. The molecule has 2 aromatic heterocycles. The second-order valence-electron chi connectivity index (χ2n) is 4.82. The summed E-state index contributed by atoms with van der Waals surface area (Å²) >= 11 is 3.01. The van der Waals surface area contributed by atoms with Gasteiger partial charge in [0.05, 0.1) is 10.9 Å². The first-order chi connectivity index (χ1) is 9.97. The first-order valence-electron chi connectivity index (χ1n) is 6.83. The maximum absolute atomic E-state index is 12.6. The highest BCUT2D eigenvalue weighted by Crippen LogP contribution is 2.29. The Balaban J connectivity index is 2.28. The van der Waals surface area contributed by atoms with Crippen molar-refractivity contribution in [3.05, 3.63) is 38.2 Å². The summed E-state index contributed by atoms with van der Waals surface area (Å²) in [6.07, 6.45) is 1.70. The highest BCUT2D eigenvalue weighted by Gasteiger charge is 2.24. The minimum Gasteiger partial charge on any atom is -0.326 e. The fraction of sp³-hybridized carbons (Fsp3) is 0.429. The molecule has 1 atom stereocenters. The van der Waals surface area contributed by atoms with Crippen LogP contribution in [0.4, 0.5) is 0 Å². The Bertz CT molecular complexity index is 675. The average Bonchev–Trinajstić information content (AvgIpc) is 3.07. The Kier molecular flexibility index (Phi) is 5.56. The third-order valence-corrected chi connectivity index (χ3v) is 6.96. The molecule has 2 rings (SSSR count). The van der Waals surface area contributed by atoms with Gasteiger partial charge in [0.25, 0.3) is 0 Å². The average molecular weight is 345 g/mol. The molecule has 0 spiro atoms. The number of aryl methyl sites for hydroxylation is 1. The molecule has 0 fully saturated rings. The molecule has 0 bridgehead atoms. The number of hydrogen-bond acceptors (Lipinski definition) is 5. The summed E-state index contributed by atoms with van der Waals surface area (Å²) in [6, 6.07) is 5.43. The van der Waals surface area contributed by atoms with Crippen LogP contribution in [0.3, 0.4) is 0 Å². The summed E-state index contributed by atoms with van der Waals surface area (Å²) in [5, 5.41) is 1.97. The lowest BCUT2D eigenvalue weighted by atomic mass is 10.1. The van der Waals surface area contributed by atoms with Crippen molar-refractivity contribution in [3.8, 4) is 0 Å². The minimum absolute atomic E-state index is 0.166. The largest absolute Gasteiger partial charge is 0.326 e. The van der Waals surface area contributed by atoms with E-state index in [9.17, 15) is 8.42 Å². The zero-order valence-corrected chi connectivity index (χ0v) is 14.6. The van der Waals surface area contributed by atoms with Crippen LogP contribution in [0.15, 0.2) is 28.5 Å². The normalized spacial score (nSPS) is 13.5. The summed E-state index contributed by atoms with van der Waals surface area (Å²) in [6.45, 7) is 4.24. The molecule has 21 heavy (non-hydrogen) atoms. The van der Waals surface area contributed by atoms with Crippen LogP contribution in [0.25, 0.3) is 0 Å². The maximum atomic E-state index is 12.6. The summed E-state index contributed by atoms with van der Waals surface area (Å²) in [4.78, 5) is 3.07. The summed E-state index contributed by atoms with van der Waals surface area (Å²) in [5.74, 6) is 0. The van der Waals surface area contributed by atoms with E-state index in [0.29, 0.717) is 11.4 Å². The predicted octanol–water partition coefficient (Wildman–Crippen LogP) is 3.40. The Morgan fingerprint density at radius 1 is 1.43 bits per heavy atom. The van der Waals surface area contributed by atoms with Crippen LogP contribution in [0.5, 0.6) is 0 Å². The highest BCUT2D eigenvalue weighted by molar-refractivity contribution is 7.89. The van der Waals surface area contributed by atoms with Crippen molar-refractivity contribution in [2.75, 3.05) is 0 Å². The molecule has 0 saturated heterocycles. The van der Waals surface area contributed by atoms with Crippen LogP contribution in [0.2, 0.25) is 0 Å². The third-order valence-electron chi connectivity index (χ3n) is 3.18. The number of rotatable bonds is 7. The Labute approximate surface area is 134 Å². The van der Waals surface area contributed by atoms with Gasteiger partial charge in [-0.05, 0) is 30.9 Å². The second-order valence-corrected chi connectivity index (χ2v) is 8.82. The van der Waals surface area contributed by atoms with Gasteiger partial charge in [-0.3, -0.25) is 0 Å². The zero-order valence-electron chi connectivity index (χ0n) is 12.1. The van der Waals surface area contributed by atoms with Gasteiger partial charge in [-0.15, -0.1) is 22.7 Å². The molecule has 2 heterocycles. The fourth-order valence-corrected chi connectivity index (χ4v) is 5.83. The van der Waals surface area contributed by atoms with Crippen LogP contribution >= 0.6 is 22.7 Å². The molecule has 0 aliphatic rings. The molecule has 1 unspecified atom stereocenters. The molecular formula is C14H20N2O2S3. The summed E-state index contributed by atoms with van der Waals surface area (Å²) in [5.41, 5.74) is 5.60. The van der Waals surface area contributed by atoms with Crippen LogP contribution in [-0.4, -0.2) is 8.42 Å². The van der Waals surface area contributed by atoms with Crippen LogP contribution in [0, 0.1) is 6.92 Å². The van der Waals surface area contributed by atoms with Crippen molar-refractivity contribution < 1.29 is 8.42 Å². The van der Waals surface area contributed by atoms with Gasteiger partial charge in [0.2, 0.25) is 10.0 Å². The van der Waals surface area contributed by atoms with Gasteiger partial charge in [-0.1, -0.05) is 19.4 Å². The third kappa shape index (κ3) is 3.92. The van der Waals surface area contributed by atoms with Gasteiger partial charge >= 0.3 is 0 Å². The van der Waals surface area contributed by atoms with Crippen LogP contribution < -0.4 is 10.5 Å². The number of thiophene rings is 2. The monoisotopic (exact) mass is 344 g/mol. The van der Waals surface area contributed by atoms with Gasteiger partial charge in [-0.2, -0.15) is 0 Å². The summed E-state index contributed by atoms with van der Waals surface area (Å²) < 4.78 is 28.1. The topological polar surface area (TPSA) is 72.2 Å². The molecule has 0 radical (unpaired) electrons. The van der Waals surface area contributed by atoms with Crippen molar-refractivity contribution in [1.82, 2.24) is 4.72 Å². The van der Waals surface area contributed by atoms with Crippen molar-refractivity contribution in [3.63, 3.8) is 0 Å². The first kappa shape index (κ1) is 16.6. The number of nitrogens with one attached hydrogen (secondary N) is 1.